The Hall–Kier alpha value is -1.66. The van der Waals surface area contributed by atoms with Gasteiger partial charge in [0.2, 0.25) is 10.0 Å². The summed E-state index contributed by atoms with van der Waals surface area (Å²) in [6.45, 7) is 7.21. The molecular weight excluding hydrogens is 360 g/mol. The van der Waals surface area contributed by atoms with E-state index in [4.69, 9.17) is 0 Å². The normalized spacial score (nSPS) is 21.2. The van der Waals surface area contributed by atoms with Crippen molar-refractivity contribution >= 4 is 26.7 Å². The number of aromatic amines is 1. The first kappa shape index (κ1) is 18.7. The highest BCUT2D eigenvalue weighted by atomic mass is 32.2. The lowest BCUT2D eigenvalue weighted by Crippen LogP contribution is -2.32. The smallest absolute Gasteiger partial charge is 0.243 e. The van der Waals surface area contributed by atoms with Crippen molar-refractivity contribution in [3.8, 4) is 0 Å². The molecule has 1 aliphatic carbocycles. The summed E-state index contributed by atoms with van der Waals surface area (Å²) < 4.78 is 28.2. The molecule has 0 spiro atoms. The molecule has 0 bridgehead atoms. The molecule has 0 unspecified atom stereocenters. The van der Waals surface area contributed by atoms with E-state index >= 15 is 0 Å². The van der Waals surface area contributed by atoms with E-state index in [0.29, 0.717) is 30.0 Å². The maximum atomic E-state index is 13.3. The molecule has 1 aromatic carbocycles. The van der Waals surface area contributed by atoms with Crippen molar-refractivity contribution in [2.75, 3.05) is 13.1 Å². The Labute approximate surface area is 161 Å². The maximum Gasteiger partial charge on any atom is 0.243 e. The van der Waals surface area contributed by atoms with Crippen LogP contribution in [0.3, 0.4) is 0 Å². The molecule has 4 rings (SSSR count). The van der Waals surface area contributed by atoms with Gasteiger partial charge in [-0.3, -0.25) is 4.79 Å². The number of hydrogen-bond acceptors (Lipinski definition) is 3. The van der Waals surface area contributed by atoms with Crippen LogP contribution in [0.25, 0.3) is 10.9 Å². The molecule has 0 saturated carbocycles. The van der Waals surface area contributed by atoms with Crippen LogP contribution in [0, 0.1) is 12.3 Å². The molecular formula is C21H28N2O3S. The van der Waals surface area contributed by atoms with Crippen LogP contribution in [-0.2, 0) is 16.4 Å². The Bertz CT molecular complexity index is 1010. The minimum absolute atomic E-state index is 0.0685. The van der Waals surface area contributed by atoms with Crippen molar-refractivity contribution in [1.82, 2.24) is 9.29 Å². The van der Waals surface area contributed by atoms with Gasteiger partial charge in [-0.15, -0.1) is 0 Å². The summed E-state index contributed by atoms with van der Waals surface area (Å²) in [7, 11) is -3.52. The van der Waals surface area contributed by atoms with Crippen LogP contribution in [-0.4, -0.2) is 36.6 Å². The Kier molecular flexibility index (Phi) is 4.47. The topological polar surface area (TPSA) is 70.2 Å². The highest BCUT2D eigenvalue weighted by molar-refractivity contribution is 7.89. The molecule has 2 aromatic rings. The summed E-state index contributed by atoms with van der Waals surface area (Å²) in [5.41, 5.74) is 3.10. The molecule has 1 fully saturated rings. The number of carbonyl (C=O) groups is 1. The van der Waals surface area contributed by atoms with E-state index in [1.807, 2.05) is 13.0 Å². The number of nitrogens with zero attached hydrogens (tertiary/aromatic N) is 1. The largest absolute Gasteiger partial charge is 0.358 e. The van der Waals surface area contributed by atoms with Crippen molar-refractivity contribution in [3.63, 3.8) is 0 Å². The van der Waals surface area contributed by atoms with Crippen LogP contribution in [0.15, 0.2) is 17.0 Å². The van der Waals surface area contributed by atoms with Crippen molar-refractivity contribution in [1.29, 1.82) is 0 Å². The SMILES string of the molecule is Cc1cc2c3c([nH]c2cc1S(=O)(=O)N1CCCCCC1)CC(C)(C)CC3=O. The van der Waals surface area contributed by atoms with Gasteiger partial charge in [-0.25, -0.2) is 8.42 Å². The molecule has 2 aliphatic rings. The fraction of sp³-hybridized carbons (Fsp3) is 0.571. The Morgan fingerprint density at radius 1 is 1.04 bits per heavy atom. The number of aryl methyl sites for hydroxylation is 1. The second kappa shape index (κ2) is 6.45. The van der Waals surface area contributed by atoms with Gasteiger partial charge >= 0.3 is 0 Å². The van der Waals surface area contributed by atoms with E-state index in [1.54, 1.807) is 10.4 Å². The van der Waals surface area contributed by atoms with Gasteiger partial charge < -0.3 is 4.98 Å². The van der Waals surface area contributed by atoms with Crippen LogP contribution in [0.5, 0.6) is 0 Å². The number of sulfonamides is 1. The summed E-state index contributed by atoms with van der Waals surface area (Å²) >= 11 is 0. The zero-order chi connectivity index (χ0) is 19.4. The van der Waals surface area contributed by atoms with Crippen LogP contribution in [0.4, 0.5) is 0 Å². The number of nitrogens with one attached hydrogen (secondary N) is 1. The minimum atomic E-state index is -3.52. The van der Waals surface area contributed by atoms with Crippen LogP contribution in [0.1, 0.15) is 67.6 Å². The molecule has 1 aliphatic heterocycles. The average molecular weight is 389 g/mol. The Morgan fingerprint density at radius 3 is 2.37 bits per heavy atom. The van der Waals surface area contributed by atoms with Gasteiger partial charge in [0.1, 0.15) is 0 Å². The van der Waals surface area contributed by atoms with E-state index in [9.17, 15) is 13.2 Å². The highest BCUT2D eigenvalue weighted by Crippen LogP contribution is 2.39. The summed E-state index contributed by atoms with van der Waals surface area (Å²) in [5, 5.41) is 0.859. The van der Waals surface area contributed by atoms with Crippen LogP contribution in [0.2, 0.25) is 0 Å². The number of Topliss-reactive ketones (excluding diaryl/α,β-unsaturated/α-hetero) is 1. The zero-order valence-corrected chi connectivity index (χ0v) is 17.2. The number of aromatic nitrogens is 1. The van der Waals surface area contributed by atoms with Gasteiger partial charge in [0.25, 0.3) is 0 Å². The zero-order valence-electron chi connectivity index (χ0n) is 16.4. The molecule has 1 N–H and O–H groups in total. The molecule has 1 aromatic heterocycles. The molecule has 146 valence electrons. The van der Waals surface area contributed by atoms with E-state index in [1.165, 1.54) is 0 Å². The molecule has 1 saturated heterocycles. The molecule has 0 radical (unpaired) electrons. The summed E-state index contributed by atoms with van der Waals surface area (Å²) in [6, 6.07) is 3.62. The van der Waals surface area contributed by atoms with Gasteiger partial charge in [-0.2, -0.15) is 4.31 Å². The lowest BCUT2D eigenvalue weighted by atomic mass is 9.76. The quantitative estimate of drug-likeness (QED) is 0.838. The third-order valence-corrected chi connectivity index (χ3v) is 7.97. The van der Waals surface area contributed by atoms with Crippen molar-refractivity contribution in [2.24, 2.45) is 5.41 Å². The monoisotopic (exact) mass is 388 g/mol. The molecule has 5 nitrogen and oxygen atoms in total. The maximum absolute atomic E-state index is 13.3. The minimum Gasteiger partial charge on any atom is -0.358 e. The number of hydrogen-bond donors (Lipinski definition) is 1. The molecule has 27 heavy (non-hydrogen) atoms. The first-order valence-corrected chi connectivity index (χ1v) is 11.3. The second-order valence-corrected chi connectivity index (χ2v) is 10.8. The van der Waals surface area contributed by atoms with Gasteiger partial charge in [0, 0.05) is 41.7 Å². The number of carbonyl (C=O) groups excluding carboxylic acids is 1. The third kappa shape index (κ3) is 3.23. The van der Waals surface area contributed by atoms with Crippen molar-refractivity contribution in [3.05, 3.63) is 29.0 Å². The molecule has 0 amide bonds. The second-order valence-electron chi connectivity index (χ2n) is 8.90. The number of H-pyrrole nitrogens is 1. The first-order valence-electron chi connectivity index (χ1n) is 9.88. The molecule has 0 atom stereocenters. The van der Waals surface area contributed by atoms with Gasteiger partial charge in [-0.05, 0) is 49.3 Å². The predicted molar refractivity (Wildman–Crippen MR) is 107 cm³/mol. The van der Waals surface area contributed by atoms with Crippen molar-refractivity contribution in [2.45, 2.75) is 64.2 Å². The third-order valence-electron chi connectivity index (χ3n) is 5.93. The first-order chi connectivity index (χ1) is 12.7. The fourth-order valence-corrected chi connectivity index (χ4v) is 6.35. The average Bonchev–Trinajstić information content (AvgIpc) is 2.74. The van der Waals surface area contributed by atoms with Crippen molar-refractivity contribution < 1.29 is 13.2 Å². The van der Waals surface area contributed by atoms with Gasteiger partial charge in [0.05, 0.1) is 4.90 Å². The Balaban J connectivity index is 1.82. The number of ketones is 1. The highest BCUT2D eigenvalue weighted by Gasteiger charge is 2.34. The number of fused-ring (bicyclic) bond motifs is 3. The summed E-state index contributed by atoms with van der Waals surface area (Å²) in [6.07, 6.45) is 5.34. The molecule has 2 heterocycles. The van der Waals surface area contributed by atoms with E-state index in [0.717, 1.165) is 54.3 Å². The van der Waals surface area contributed by atoms with Crippen LogP contribution >= 0.6 is 0 Å². The van der Waals surface area contributed by atoms with Crippen LogP contribution < -0.4 is 0 Å². The van der Waals surface area contributed by atoms with E-state index in [-0.39, 0.29) is 11.2 Å². The standard InChI is InChI=1S/C21H28N2O3S/c1-14-10-15-16(22-17-12-21(2,3)13-18(24)20(15)17)11-19(14)27(25,26)23-8-6-4-5-7-9-23/h10-11,22H,4-9,12-13H2,1-3H3. The lowest BCUT2D eigenvalue weighted by Gasteiger charge is -2.28. The Morgan fingerprint density at radius 2 is 1.70 bits per heavy atom. The van der Waals surface area contributed by atoms with Gasteiger partial charge in [0.15, 0.2) is 5.78 Å². The predicted octanol–water partition coefficient (Wildman–Crippen LogP) is 4.20. The lowest BCUT2D eigenvalue weighted by molar-refractivity contribution is 0.0913. The number of rotatable bonds is 2. The van der Waals surface area contributed by atoms with E-state index < -0.39 is 10.0 Å². The van der Waals surface area contributed by atoms with Gasteiger partial charge in [-0.1, -0.05) is 26.7 Å². The fourth-order valence-electron chi connectivity index (χ4n) is 4.60. The molecule has 6 heteroatoms. The van der Waals surface area contributed by atoms with E-state index in [2.05, 4.69) is 18.8 Å². The summed E-state index contributed by atoms with van der Waals surface area (Å²) in [5.74, 6) is 0.148. The number of benzene rings is 1. The summed E-state index contributed by atoms with van der Waals surface area (Å²) in [4.78, 5) is 16.4.